The molecule has 0 aliphatic rings. The number of ether oxygens (including phenoxy) is 1. The predicted molar refractivity (Wildman–Crippen MR) is 103 cm³/mol. The fourth-order valence-electron chi connectivity index (χ4n) is 2.98. The Morgan fingerprint density at radius 3 is 2.16 bits per heavy atom. The summed E-state index contributed by atoms with van der Waals surface area (Å²) in [4.78, 5) is 12.7. The molecular formula is C22H29NO2. The van der Waals surface area contributed by atoms with Gasteiger partial charge in [-0.2, -0.15) is 0 Å². The van der Waals surface area contributed by atoms with E-state index in [1.807, 2.05) is 38.1 Å². The normalized spacial score (nSPS) is 13.2. The molecule has 3 nitrogen and oxygen atoms in total. The lowest BCUT2D eigenvalue weighted by Crippen LogP contribution is -2.40. The highest BCUT2D eigenvalue weighted by Gasteiger charge is 2.22. The van der Waals surface area contributed by atoms with Crippen LogP contribution in [0.5, 0.6) is 5.75 Å². The minimum atomic E-state index is -0.484. The molecule has 0 fully saturated rings. The summed E-state index contributed by atoms with van der Waals surface area (Å²) in [5.74, 6) is 0.669. The highest BCUT2D eigenvalue weighted by Crippen LogP contribution is 2.22. The van der Waals surface area contributed by atoms with Crippen LogP contribution in [-0.4, -0.2) is 12.0 Å². The van der Waals surface area contributed by atoms with Crippen molar-refractivity contribution in [2.45, 2.75) is 59.6 Å². The van der Waals surface area contributed by atoms with Gasteiger partial charge >= 0.3 is 0 Å². The van der Waals surface area contributed by atoms with Crippen LogP contribution in [0.2, 0.25) is 0 Å². The van der Waals surface area contributed by atoms with Crippen LogP contribution in [-0.2, 0) is 4.79 Å². The molecule has 0 unspecified atom stereocenters. The van der Waals surface area contributed by atoms with Crippen molar-refractivity contribution in [1.29, 1.82) is 0 Å². The fourth-order valence-corrected chi connectivity index (χ4v) is 2.98. The van der Waals surface area contributed by atoms with E-state index in [-0.39, 0.29) is 11.9 Å². The molecule has 1 amide bonds. The van der Waals surface area contributed by atoms with Crippen molar-refractivity contribution in [2.24, 2.45) is 0 Å². The molecule has 0 aromatic heterocycles. The van der Waals surface area contributed by atoms with Gasteiger partial charge in [0.15, 0.2) is 6.10 Å². The summed E-state index contributed by atoms with van der Waals surface area (Å²) < 4.78 is 5.90. The van der Waals surface area contributed by atoms with E-state index < -0.39 is 6.10 Å². The third-order valence-electron chi connectivity index (χ3n) is 4.49. The molecule has 0 radical (unpaired) electrons. The van der Waals surface area contributed by atoms with Crippen LogP contribution in [0.1, 0.15) is 55.0 Å². The highest BCUT2D eigenvalue weighted by atomic mass is 16.5. The molecule has 25 heavy (non-hydrogen) atoms. The van der Waals surface area contributed by atoms with Crippen molar-refractivity contribution in [1.82, 2.24) is 5.32 Å². The van der Waals surface area contributed by atoms with Gasteiger partial charge in [0.2, 0.25) is 0 Å². The van der Waals surface area contributed by atoms with Gasteiger partial charge in [0.25, 0.3) is 5.91 Å². The molecule has 0 aliphatic carbocycles. The second-order valence-electron chi connectivity index (χ2n) is 6.66. The second kappa shape index (κ2) is 8.70. The molecule has 2 atom stereocenters. The Kier molecular flexibility index (Phi) is 6.63. The van der Waals surface area contributed by atoms with E-state index in [1.165, 1.54) is 22.3 Å². The van der Waals surface area contributed by atoms with Crippen molar-refractivity contribution >= 4 is 5.91 Å². The fraction of sp³-hybridized carbons (Fsp3) is 0.409. The van der Waals surface area contributed by atoms with Gasteiger partial charge in [-0.3, -0.25) is 4.79 Å². The maximum Gasteiger partial charge on any atom is 0.261 e. The molecule has 0 bridgehead atoms. The predicted octanol–water partition coefficient (Wildman–Crippen LogP) is 5.04. The van der Waals surface area contributed by atoms with Crippen LogP contribution in [0.4, 0.5) is 0 Å². The average molecular weight is 339 g/mol. The molecule has 0 saturated heterocycles. The summed E-state index contributed by atoms with van der Waals surface area (Å²) >= 11 is 0. The first kappa shape index (κ1) is 19.0. The second-order valence-corrected chi connectivity index (χ2v) is 6.66. The number of hydrogen-bond donors (Lipinski definition) is 1. The van der Waals surface area contributed by atoms with Gasteiger partial charge < -0.3 is 10.1 Å². The van der Waals surface area contributed by atoms with Gasteiger partial charge in [0.1, 0.15) is 5.75 Å². The SMILES string of the molecule is CC[C@H](Oc1ccc(C)cc1)C(=O)N[C@H](CC)c1ccc(C)cc1C. The van der Waals surface area contributed by atoms with E-state index in [9.17, 15) is 4.79 Å². The molecule has 1 N–H and O–H groups in total. The summed E-state index contributed by atoms with van der Waals surface area (Å²) in [5, 5.41) is 3.16. The van der Waals surface area contributed by atoms with E-state index >= 15 is 0 Å². The topological polar surface area (TPSA) is 38.3 Å². The number of hydrogen-bond acceptors (Lipinski definition) is 2. The number of aryl methyl sites for hydroxylation is 3. The molecule has 2 aromatic rings. The van der Waals surface area contributed by atoms with Crippen LogP contribution in [0.25, 0.3) is 0 Å². The van der Waals surface area contributed by atoms with Crippen molar-refractivity contribution in [3.8, 4) is 5.75 Å². The standard InChI is InChI=1S/C22H29NO2/c1-6-20(19-13-10-16(4)14-17(19)5)23-22(24)21(7-2)25-18-11-8-15(3)9-12-18/h8-14,20-21H,6-7H2,1-5H3,(H,23,24)/t20-,21+/m1/s1. The monoisotopic (exact) mass is 339 g/mol. The Labute approximate surface area is 151 Å². The lowest BCUT2D eigenvalue weighted by molar-refractivity contribution is -0.128. The summed E-state index contributed by atoms with van der Waals surface area (Å²) in [6.07, 6.45) is 0.988. The highest BCUT2D eigenvalue weighted by molar-refractivity contribution is 5.81. The van der Waals surface area contributed by atoms with Crippen molar-refractivity contribution in [3.63, 3.8) is 0 Å². The Balaban J connectivity index is 2.09. The zero-order chi connectivity index (χ0) is 18.4. The number of carbonyl (C=O) groups is 1. The molecule has 0 spiro atoms. The molecule has 134 valence electrons. The maximum absolute atomic E-state index is 12.7. The Morgan fingerprint density at radius 1 is 0.960 bits per heavy atom. The first-order valence-corrected chi connectivity index (χ1v) is 9.05. The van der Waals surface area contributed by atoms with E-state index in [4.69, 9.17) is 4.74 Å². The zero-order valence-electron chi connectivity index (χ0n) is 15.9. The van der Waals surface area contributed by atoms with E-state index in [2.05, 4.69) is 44.3 Å². The zero-order valence-corrected chi connectivity index (χ0v) is 15.9. The first-order valence-electron chi connectivity index (χ1n) is 9.05. The summed E-state index contributed by atoms with van der Waals surface area (Å²) in [7, 11) is 0. The van der Waals surface area contributed by atoms with Gasteiger partial charge in [-0.15, -0.1) is 0 Å². The van der Waals surface area contributed by atoms with E-state index in [0.717, 1.165) is 12.2 Å². The van der Waals surface area contributed by atoms with Crippen LogP contribution in [0.3, 0.4) is 0 Å². The van der Waals surface area contributed by atoms with Gasteiger partial charge in [0, 0.05) is 0 Å². The lowest BCUT2D eigenvalue weighted by atomic mass is 9.97. The quantitative estimate of drug-likeness (QED) is 0.768. The third-order valence-corrected chi connectivity index (χ3v) is 4.49. The number of benzene rings is 2. The Hall–Kier alpha value is -2.29. The van der Waals surface area contributed by atoms with Gasteiger partial charge in [-0.25, -0.2) is 0 Å². The number of carbonyl (C=O) groups excluding carboxylic acids is 1. The largest absolute Gasteiger partial charge is 0.481 e. The lowest BCUT2D eigenvalue weighted by Gasteiger charge is -2.23. The Morgan fingerprint density at radius 2 is 1.60 bits per heavy atom. The van der Waals surface area contributed by atoms with Gasteiger partial charge in [-0.1, -0.05) is 55.3 Å². The minimum absolute atomic E-state index is 0.00349. The van der Waals surface area contributed by atoms with Crippen LogP contribution >= 0.6 is 0 Å². The first-order chi connectivity index (χ1) is 11.9. The molecule has 2 rings (SSSR count). The van der Waals surface area contributed by atoms with Gasteiger partial charge in [0.05, 0.1) is 6.04 Å². The van der Waals surface area contributed by atoms with Crippen LogP contribution in [0.15, 0.2) is 42.5 Å². The van der Waals surface area contributed by atoms with Crippen molar-refractivity contribution < 1.29 is 9.53 Å². The average Bonchev–Trinajstić information content (AvgIpc) is 2.59. The Bertz CT molecular complexity index is 706. The van der Waals surface area contributed by atoms with Gasteiger partial charge in [-0.05, 0) is 56.9 Å². The summed E-state index contributed by atoms with van der Waals surface area (Å²) in [6, 6.07) is 14.2. The summed E-state index contributed by atoms with van der Waals surface area (Å²) in [6.45, 7) is 10.3. The van der Waals surface area contributed by atoms with Crippen LogP contribution in [0, 0.1) is 20.8 Å². The van der Waals surface area contributed by atoms with E-state index in [1.54, 1.807) is 0 Å². The molecule has 0 heterocycles. The third kappa shape index (κ3) is 5.09. The smallest absolute Gasteiger partial charge is 0.261 e. The maximum atomic E-state index is 12.7. The van der Waals surface area contributed by atoms with Crippen LogP contribution < -0.4 is 10.1 Å². The number of amides is 1. The molecular weight excluding hydrogens is 310 g/mol. The molecule has 3 heteroatoms. The molecule has 2 aromatic carbocycles. The van der Waals surface area contributed by atoms with E-state index in [0.29, 0.717) is 6.42 Å². The minimum Gasteiger partial charge on any atom is -0.481 e. The van der Waals surface area contributed by atoms with Crippen molar-refractivity contribution in [2.75, 3.05) is 0 Å². The van der Waals surface area contributed by atoms with Crippen molar-refractivity contribution in [3.05, 3.63) is 64.7 Å². The molecule has 0 aliphatic heterocycles. The summed E-state index contributed by atoms with van der Waals surface area (Å²) in [5.41, 5.74) is 4.79. The number of rotatable bonds is 7. The number of nitrogens with one attached hydrogen (secondary N) is 1. The molecule has 0 saturated carbocycles.